The van der Waals surface area contributed by atoms with Gasteiger partial charge in [0.15, 0.2) is 5.82 Å². The van der Waals surface area contributed by atoms with Crippen molar-refractivity contribution in [2.45, 2.75) is 13.8 Å². The summed E-state index contributed by atoms with van der Waals surface area (Å²) in [6.07, 6.45) is 0. The highest BCUT2D eigenvalue weighted by Crippen LogP contribution is 2.29. The van der Waals surface area contributed by atoms with E-state index in [2.05, 4.69) is 15.9 Å². The van der Waals surface area contributed by atoms with E-state index < -0.39 is 11.8 Å². The molecule has 0 bridgehead atoms. The Kier molecular flexibility index (Phi) is 5.77. The molecule has 0 aromatic heterocycles. The van der Waals surface area contributed by atoms with Crippen LogP contribution in [0.25, 0.3) is 0 Å². The molecule has 0 fully saturated rings. The standard InChI is InChI=1S/C13H14BrFN2O2/c1-3-17(8-11(18)19-4-2)10-6-5-9(7-16)12(14)13(10)15/h5-6H,3-4,8H2,1-2H3. The monoisotopic (exact) mass is 328 g/mol. The molecule has 0 N–H and O–H groups in total. The van der Waals surface area contributed by atoms with Crippen molar-refractivity contribution in [1.29, 1.82) is 5.26 Å². The molecule has 1 aromatic carbocycles. The average Bonchev–Trinajstić information content (AvgIpc) is 2.40. The molecule has 6 heteroatoms. The minimum atomic E-state index is -0.551. The first kappa shape index (κ1) is 15.4. The van der Waals surface area contributed by atoms with Crippen molar-refractivity contribution >= 4 is 27.6 Å². The number of rotatable bonds is 5. The summed E-state index contributed by atoms with van der Waals surface area (Å²) in [5, 5.41) is 8.81. The van der Waals surface area contributed by atoms with Crippen LogP contribution in [0.3, 0.4) is 0 Å². The van der Waals surface area contributed by atoms with Gasteiger partial charge in [-0.25, -0.2) is 4.39 Å². The Morgan fingerprint density at radius 1 is 1.53 bits per heavy atom. The lowest BCUT2D eigenvalue weighted by atomic mass is 10.2. The van der Waals surface area contributed by atoms with Crippen LogP contribution in [0.15, 0.2) is 16.6 Å². The number of hydrogen-bond acceptors (Lipinski definition) is 4. The van der Waals surface area contributed by atoms with Crippen molar-refractivity contribution in [2.24, 2.45) is 0 Å². The van der Waals surface area contributed by atoms with E-state index in [0.29, 0.717) is 6.54 Å². The number of nitriles is 1. The molecule has 1 rings (SSSR count). The van der Waals surface area contributed by atoms with E-state index in [-0.39, 0.29) is 28.9 Å². The van der Waals surface area contributed by atoms with Gasteiger partial charge in [-0.3, -0.25) is 4.79 Å². The number of nitrogens with zero attached hydrogens (tertiary/aromatic N) is 2. The number of halogens is 2. The van der Waals surface area contributed by atoms with Crippen molar-refractivity contribution in [3.05, 3.63) is 28.0 Å². The lowest BCUT2D eigenvalue weighted by Gasteiger charge is -2.23. The molecule has 19 heavy (non-hydrogen) atoms. The van der Waals surface area contributed by atoms with E-state index >= 15 is 0 Å². The van der Waals surface area contributed by atoms with E-state index in [0.717, 1.165) is 0 Å². The van der Waals surface area contributed by atoms with Crippen LogP contribution in [0.5, 0.6) is 0 Å². The van der Waals surface area contributed by atoms with Crippen molar-refractivity contribution in [2.75, 3.05) is 24.6 Å². The van der Waals surface area contributed by atoms with Crippen molar-refractivity contribution in [1.82, 2.24) is 0 Å². The Bertz CT molecular complexity index is 514. The summed E-state index contributed by atoms with van der Waals surface area (Å²) in [5.41, 5.74) is 0.481. The molecule has 0 amide bonds. The average molecular weight is 329 g/mol. The number of carbonyl (C=O) groups is 1. The Hall–Kier alpha value is -1.61. The van der Waals surface area contributed by atoms with Crippen LogP contribution in [0.4, 0.5) is 10.1 Å². The molecule has 4 nitrogen and oxygen atoms in total. The molecule has 102 valence electrons. The number of likely N-dealkylation sites (N-methyl/N-ethyl adjacent to an activating group) is 1. The molecule has 0 spiro atoms. The SMILES string of the molecule is CCOC(=O)CN(CC)c1ccc(C#N)c(Br)c1F. The molecule has 0 radical (unpaired) electrons. The van der Waals surface area contributed by atoms with Crippen LogP contribution in [0, 0.1) is 17.1 Å². The molecule has 0 unspecified atom stereocenters. The Morgan fingerprint density at radius 2 is 2.21 bits per heavy atom. The van der Waals surface area contributed by atoms with Gasteiger partial charge in [0.2, 0.25) is 0 Å². The zero-order chi connectivity index (χ0) is 14.4. The maximum Gasteiger partial charge on any atom is 0.325 e. The van der Waals surface area contributed by atoms with Gasteiger partial charge in [0.1, 0.15) is 12.6 Å². The fourth-order valence-electron chi connectivity index (χ4n) is 1.60. The lowest BCUT2D eigenvalue weighted by Crippen LogP contribution is -2.31. The topological polar surface area (TPSA) is 53.3 Å². The normalized spacial score (nSPS) is 9.84. The number of anilines is 1. The highest BCUT2D eigenvalue weighted by atomic mass is 79.9. The highest BCUT2D eigenvalue weighted by molar-refractivity contribution is 9.10. The fraction of sp³-hybridized carbons (Fsp3) is 0.385. The lowest BCUT2D eigenvalue weighted by molar-refractivity contribution is -0.141. The van der Waals surface area contributed by atoms with Crippen LogP contribution in [0.1, 0.15) is 19.4 Å². The first-order chi connectivity index (χ1) is 9.04. The number of ether oxygens (including phenoxy) is 1. The summed E-state index contributed by atoms with van der Waals surface area (Å²) >= 11 is 3.05. The Balaban J connectivity index is 3.03. The molecular formula is C13H14BrFN2O2. The minimum Gasteiger partial charge on any atom is -0.465 e. The zero-order valence-electron chi connectivity index (χ0n) is 10.7. The van der Waals surface area contributed by atoms with E-state index in [1.807, 2.05) is 13.0 Å². The van der Waals surface area contributed by atoms with Gasteiger partial charge in [0.05, 0.1) is 22.3 Å². The van der Waals surface area contributed by atoms with Gasteiger partial charge in [-0.2, -0.15) is 5.26 Å². The molecule has 0 heterocycles. The highest BCUT2D eigenvalue weighted by Gasteiger charge is 2.18. The molecule has 1 aromatic rings. The van der Waals surface area contributed by atoms with E-state index in [1.54, 1.807) is 11.8 Å². The first-order valence-electron chi connectivity index (χ1n) is 5.83. The van der Waals surface area contributed by atoms with Gasteiger partial charge >= 0.3 is 5.97 Å². The second kappa shape index (κ2) is 7.10. The molecule has 0 saturated carbocycles. The maximum atomic E-state index is 14.1. The number of carbonyl (C=O) groups excluding carboxylic acids is 1. The van der Waals surface area contributed by atoms with Gasteiger partial charge in [-0.15, -0.1) is 0 Å². The molecule has 0 aliphatic rings. The Labute approximate surface area is 119 Å². The van der Waals surface area contributed by atoms with Crippen molar-refractivity contribution < 1.29 is 13.9 Å². The zero-order valence-corrected chi connectivity index (χ0v) is 12.3. The van der Waals surface area contributed by atoms with Gasteiger partial charge < -0.3 is 9.64 Å². The van der Waals surface area contributed by atoms with Gasteiger partial charge in [-0.05, 0) is 41.9 Å². The second-order valence-electron chi connectivity index (χ2n) is 3.69. The van der Waals surface area contributed by atoms with Gasteiger partial charge in [-0.1, -0.05) is 0 Å². The third-order valence-electron chi connectivity index (χ3n) is 2.53. The van der Waals surface area contributed by atoms with Crippen LogP contribution < -0.4 is 4.90 Å². The first-order valence-corrected chi connectivity index (χ1v) is 6.63. The molecule has 0 atom stereocenters. The van der Waals surface area contributed by atoms with E-state index in [9.17, 15) is 9.18 Å². The summed E-state index contributed by atoms with van der Waals surface area (Å²) in [7, 11) is 0. The number of esters is 1. The molecular weight excluding hydrogens is 315 g/mol. The fourth-order valence-corrected chi connectivity index (χ4v) is 2.02. The number of benzene rings is 1. The van der Waals surface area contributed by atoms with E-state index in [1.165, 1.54) is 12.1 Å². The second-order valence-corrected chi connectivity index (χ2v) is 4.48. The van der Waals surface area contributed by atoms with Crippen molar-refractivity contribution in [3.63, 3.8) is 0 Å². The van der Waals surface area contributed by atoms with Crippen LogP contribution in [-0.4, -0.2) is 25.7 Å². The molecule has 0 aliphatic carbocycles. The third kappa shape index (κ3) is 3.67. The predicted molar refractivity (Wildman–Crippen MR) is 73.3 cm³/mol. The van der Waals surface area contributed by atoms with Gasteiger partial charge in [0, 0.05) is 6.54 Å². The quantitative estimate of drug-likeness (QED) is 0.780. The van der Waals surface area contributed by atoms with Crippen molar-refractivity contribution in [3.8, 4) is 6.07 Å². The third-order valence-corrected chi connectivity index (χ3v) is 3.31. The number of hydrogen-bond donors (Lipinski definition) is 0. The Morgan fingerprint density at radius 3 is 2.74 bits per heavy atom. The molecule has 0 aliphatic heterocycles. The van der Waals surface area contributed by atoms with Crippen LogP contribution in [0.2, 0.25) is 0 Å². The van der Waals surface area contributed by atoms with Gasteiger partial charge in [0.25, 0.3) is 0 Å². The summed E-state index contributed by atoms with van der Waals surface area (Å²) in [6.45, 7) is 4.24. The molecule has 0 saturated heterocycles. The summed E-state index contributed by atoms with van der Waals surface area (Å²) in [4.78, 5) is 13.0. The summed E-state index contributed by atoms with van der Waals surface area (Å²) < 4.78 is 19.1. The van der Waals surface area contributed by atoms with E-state index in [4.69, 9.17) is 10.00 Å². The summed E-state index contributed by atoms with van der Waals surface area (Å²) in [5.74, 6) is -0.963. The van der Waals surface area contributed by atoms with Crippen LogP contribution in [-0.2, 0) is 9.53 Å². The smallest absolute Gasteiger partial charge is 0.325 e. The maximum absolute atomic E-state index is 14.1. The summed E-state index contributed by atoms with van der Waals surface area (Å²) in [6, 6.07) is 4.88. The van der Waals surface area contributed by atoms with Crippen LogP contribution >= 0.6 is 15.9 Å². The predicted octanol–water partition coefficient (Wildman–Crippen LogP) is 2.85. The minimum absolute atomic E-state index is 0.0282. The largest absolute Gasteiger partial charge is 0.465 e.